The number of hydrogen-bond acceptors (Lipinski definition) is 4. The van der Waals surface area contributed by atoms with Gasteiger partial charge < -0.3 is 5.32 Å². The SMILES string of the molecule is CCCCn1nc(C(=O)NC(C)c2ccc(C#N)cc2)ccc1=O. The van der Waals surface area contributed by atoms with E-state index in [4.69, 9.17) is 5.26 Å². The molecule has 1 heterocycles. The molecule has 0 aliphatic carbocycles. The van der Waals surface area contributed by atoms with Gasteiger partial charge in [0, 0.05) is 12.6 Å². The third-order valence-corrected chi connectivity index (χ3v) is 3.71. The summed E-state index contributed by atoms with van der Waals surface area (Å²) >= 11 is 0. The highest BCUT2D eigenvalue weighted by Crippen LogP contribution is 2.13. The zero-order chi connectivity index (χ0) is 17.5. The summed E-state index contributed by atoms with van der Waals surface area (Å²) in [4.78, 5) is 24.1. The van der Waals surface area contributed by atoms with E-state index in [2.05, 4.69) is 16.5 Å². The number of hydrogen-bond donors (Lipinski definition) is 1. The minimum absolute atomic E-state index is 0.208. The molecular weight excluding hydrogens is 304 g/mol. The average Bonchev–Trinajstić information content (AvgIpc) is 2.61. The lowest BCUT2D eigenvalue weighted by molar-refractivity contribution is 0.0932. The number of nitriles is 1. The van der Waals surface area contributed by atoms with Gasteiger partial charge in [-0.05, 0) is 37.1 Å². The summed E-state index contributed by atoms with van der Waals surface area (Å²) in [7, 11) is 0. The van der Waals surface area contributed by atoms with E-state index in [1.54, 1.807) is 24.3 Å². The molecule has 0 saturated heterocycles. The van der Waals surface area contributed by atoms with Crippen molar-refractivity contribution in [2.24, 2.45) is 0 Å². The topological polar surface area (TPSA) is 87.8 Å². The van der Waals surface area contributed by atoms with E-state index in [1.807, 2.05) is 13.8 Å². The molecule has 1 unspecified atom stereocenters. The predicted octanol–water partition coefficient (Wildman–Crippen LogP) is 2.41. The van der Waals surface area contributed by atoms with Crippen molar-refractivity contribution in [3.05, 3.63) is 63.6 Å². The quantitative estimate of drug-likeness (QED) is 0.884. The van der Waals surface area contributed by atoms with Crippen LogP contribution in [0.25, 0.3) is 0 Å². The number of benzene rings is 1. The highest BCUT2D eigenvalue weighted by atomic mass is 16.2. The number of carbonyl (C=O) groups excluding carboxylic acids is 1. The Morgan fingerprint density at radius 3 is 2.62 bits per heavy atom. The summed E-state index contributed by atoms with van der Waals surface area (Å²) in [6, 6.07) is 11.7. The molecule has 0 aliphatic heterocycles. The van der Waals surface area contributed by atoms with Crippen molar-refractivity contribution in [2.45, 2.75) is 39.3 Å². The molecule has 0 bridgehead atoms. The normalized spacial score (nSPS) is 11.5. The molecule has 1 N–H and O–H groups in total. The minimum atomic E-state index is -0.336. The molecule has 1 aromatic heterocycles. The van der Waals surface area contributed by atoms with Crippen LogP contribution in [0.1, 0.15) is 54.3 Å². The van der Waals surface area contributed by atoms with Crippen LogP contribution in [0.15, 0.2) is 41.2 Å². The van der Waals surface area contributed by atoms with Crippen LogP contribution in [-0.2, 0) is 6.54 Å². The van der Waals surface area contributed by atoms with Crippen LogP contribution < -0.4 is 10.9 Å². The maximum absolute atomic E-state index is 12.3. The van der Waals surface area contributed by atoms with E-state index >= 15 is 0 Å². The summed E-state index contributed by atoms with van der Waals surface area (Å²) in [6.45, 7) is 4.38. The van der Waals surface area contributed by atoms with E-state index in [-0.39, 0.29) is 23.2 Å². The second kappa shape index (κ2) is 8.06. The number of nitrogens with zero attached hydrogens (tertiary/aromatic N) is 3. The summed E-state index contributed by atoms with van der Waals surface area (Å²) in [5.41, 5.74) is 1.47. The largest absolute Gasteiger partial charge is 0.344 e. The first-order chi connectivity index (χ1) is 11.5. The zero-order valence-electron chi connectivity index (χ0n) is 13.8. The molecule has 0 aliphatic rings. The number of aromatic nitrogens is 2. The Balaban J connectivity index is 2.11. The van der Waals surface area contributed by atoms with Gasteiger partial charge in [-0.1, -0.05) is 25.5 Å². The summed E-state index contributed by atoms with van der Waals surface area (Å²) < 4.78 is 1.32. The van der Waals surface area contributed by atoms with Crippen molar-refractivity contribution < 1.29 is 4.79 Å². The third kappa shape index (κ3) is 4.29. The molecule has 24 heavy (non-hydrogen) atoms. The molecule has 1 atom stereocenters. The fraction of sp³-hybridized carbons (Fsp3) is 0.333. The van der Waals surface area contributed by atoms with Gasteiger partial charge in [-0.2, -0.15) is 10.4 Å². The van der Waals surface area contributed by atoms with Gasteiger partial charge in [-0.3, -0.25) is 9.59 Å². The van der Waals surface area contributed by atoms with Crippen molar-refractivity contribution in [3.8, 4) is 6.07 Å². The average molecular weight is 324 g/mol. The summed E-state index contributed by atoms with van der Waals surface area (Å²) in [6.07, 6.45) is 1.78. The predicted molar refractivity (Wildman–Crippen MR) is 90.4 cm³/mol. The Labute approximate surface area is 140 Å². The maximum atomic E-state index is 12.3. The second-order valence-corrected chi connectivity index (χ2v) is 5.56. The van der Waals surface area contributed by atoms with Crippen LogP contribution >= 0.6 is 0 Å². The van der Waals surface area contributed by atoms with Crippen molar-refractivity contribution in [3.63, 3.8) is 0 Å². The number of amides is 1. The molecule has 0 saturated carbocycles. The van der Waals surface area contributed by atoms with E-state index < -0.39 is 0 Å². The smallest absolute Gasteiger partial charge is 0.272 e. The highest BCUT2D eigenvalue weighted by molar-refractivity contribution is 5.92. The van der Waals surface area contributed by atoms with E-state index in [1.165, 1.54) is 16.8 Å². The van der Waals surface area contributed by atoms with Crippen molar-refractivity contribution in [2.75, 3.05) is 0 Å². The molecule has 124 valence electrons. The molecular formula is C18H20N4O2. The number of aryl methyl sites for hydroxylation is 1. The van der Waals surface area contributed by atoms with Gasteiger partial charge in [0.1, 0.15) is 5.69 Å². The molecule has 1 amide bonds. The molecule has 2 aromatic rings. The van der Waals surface area contributed by atoms with Crippen LogP contribution in [0.5, 0.6) is 0 Å². The lowest BCUT2D eigenvalue weighted by Crippen LogP contribution is -2.31. The number of nitrogens with one attached hydrogen (secondary N) is 1. The Bertz CT molecular complexity index is 803. The molecule has 1 aromatic carbocycles. The van der Waals surface area contributed by atoms with Crippen molar-refractivity contribution >= 4 is 5.91 Å². The first kappa shape index (κ1) is 17.4. The van der Waals surface area contributed by atoms with Crippen molar-refractivity contribution in [1.29, 1.82) is 5.26 Å². The minimum Gasteiger partial charge on any atom is -0.344 e. The number of rotatable bonds is 6. The molecule has 0 fully saturated rings. The highest BCUT2D eigenvalue weighted by Gasteiger charge is 2.14. The van der Waals surface area contributed by atoms with Gasteiger partial charge in [0.05, 0.1) is 17.7 Å². The first-order valence-corrected chi connectivity index (χ1v) is 7.94. The maximum Gasteiger partial charge on any atom is 0.272 e. The lowest BCUT2D eigenvalue weighted by Gasteiger charge is -2.14. The molecule has 6 nitrogen and oxygen atoms in total. The fourth-order valence-corrected chi connectivity index (χ4v) is 2.24. The standard InChI is InChI=1S/C18H20N4O2/c1-3-4-11-22-17(23)10-9-16(21-22)18(24)20-13(2)15-7-5-14(12-19)6-8-15/h5-10,13H,3-4,11H2,1-2H3,(H,20,24). The Morgan fingerprint density at radius 1 is 1.29 bits per heavy atom. The van der Waals surface area contributed by atoms with Crippen LogP contribution in [0.3, 0.4) is 0 Å². The Morgan fingerprint density at radius 2 is 2.00 bits per heavy atom. The van der Waals surface area contributed by atoms with Crippen molar-refractivity contribution in [1.82, 2.24) is 15.1 Å². The van der Waals surface area contributed by atoms with Gasteiger partial charge >= 0.3 is 0 Å². The van der Waals surface area contributed by atoms with Gasteiger partial charge in [0.15, 0.2) is 0 Å². The Kier molecular flexibility index (Phi) is 5.85. The van der Waals surface area contributed by atoms with Crippen LogP contribution in [0.4, 0.5) is 0 Å². The van der Waals surface area contributed by atoms with Gasteiger partial charge in [-0.15, -0.1) is 0 Å². The fourth-order valence-electron chi connectivity index (χ4n) is 2.24. The molecule has 2 rings (SSSR count). The van der Waals surface area contributed by atoms with Gasteiger partial charge in [0.25, 0.3) is 11.5 Å². The summed E-state index contributed by atoms with van der Waals surface area (Å²) in [5, 5.41) is 15.8. The molecule has 0 spiro atoms. The number of carbonyl (C=O) groups is 1. The Hall–Kier alpha value is -2.94. The van der Waals surface area contributed by atoms with Crippen LogP contribution in [0, 0.1) is 11.3 Å². The number of unbranched alkanes of at least 4 members (excludes halogenated alkanes) is 1. The molecule has 0 radical (unpaired) electrons. The van der Waals surface area contributed by atoms with E-state index in [0.29, 0.717) is 12.1 Å². The summed E-state index contributed by atoms with van der Waals surface area (Å²) in [5.74, 6) is -0.336. The van der Waals surface area contributed by atoms with Crippen LogP contribution in [-0.4, -0.2) is 15.7 Å². The second-order valence-electron chi connectivity index (χ2n) is 5.56. The third-order valence-electron chi connectivity index (χ3n) is 3.71. The molecule has 6 heteroatoms. The monoisotopic (exact) mass is 324 g/mol. The first-order valence-electron chi connectivity index (χ1n) is 7.94. The van der Waals surface area contributed by atoms with Gasteiger partial charge in [-0.25, -0.2) is 4.68 Å². The zero-order valence-corrected chi connectivity index (χ0v) is 13.8. The van der Waals surface area contributed by atoms with Crippen LogP contribution in [0.2, 0.25) is 0 Å². The van der Waals surface area contributed by atoms with E-state index in [9.17, 15) is 9.59 Å². The van der Waals surface area contributed by atoms with Gasteiger partial charge in [0.2, 0.25) is 0 Å². The van der Waals surface area contributed by atoms with E-state index in [0.717, 1.165) is 18.4 Å². The lowest BCUT2D eigenvalue weighted by atomic mass is 10.1.